The second kappa shape index (κ2) is 10.3. The number of rotatable bonds is 10. The van der Waals surface area contributed by atoms with E-state index in [0.717, 1.165) is 25.8 Å². The molecule has 1 amide bonds. The third-order valence-electron chi connectivity index (χ3n) is 4.38. The summed E-state index contributed by atoms with van der Waals surface area (Å²) in [5, 5.41) is 10.9. The highest BCUT2D eigenvalue weighted by atomic mass is 19.1. The van der Waals surface area contributed by atoms with Crippen molar-refractivity contribution in [1.82, 2.24) is 19.7 Å². The average Bonchev–Trinajstić information content (AvgIpc) is 3.21. The number of nitrogens with zero attached hydrogens (tertiary/aromatic N) is 4. The Labute approximate surface area is 174 Å². The Kier molecular flexibility index (Phi) is 7.26. The molecule has 0 atom stereocenters. The fourth-order valence-electron chi connectivity index (χ4n) is 2.91. The first-order valence-electron chi connectivity index (χ1n) is 9.82. The second-order valence-electron chi connectivity index (χ2n) is 6.66. The maximum absolute atomic E-state index is 13.6. The topological polar surface area (TPSA) is 81.9 Å². The highest BCUT2D eigenvalue weighted by Gasteiger charge is 2.16. The number of carbonyl (C=O) groups excluding carboxylic acids is 1. The van der Waals surface area contributed by atoms with Crippen molar-refractivity contribution in [2.24, 2.45) is 0 Å². The SMILES string of the molecule is C=CCOc1cc(F)ccc1C(=O)Nc1cccc(-c2nncn2CCCCC)n1. The number of hydrogen-bond acceptors (Lipinski definition) is 5. The van der Waals surface area contributed by atoms with Gasteiger partial charge in [0.25, 0.3) is 5.91 Å². The second-order valence-corrected chi connectivity index (χ2v) is 6.66. The summed E-state index contributed by atoms with van der Waals surface area (Å²) in [5.74, 6) is 0.175. The van der Waals surface area contributed by atoms with Crippen LogP contribution in [0.2, 0.25) is 0 Å². The van der Waals surface area contributed by atoms with Gasteiger partial charge in [0.05, 0.1) is 5.56 Å². The van der Waals surface area contributed by atoms with Gasteiger partial charge in [-0.2, -0.15) is 0 Å². The molecule has 0 saturated heterocycles. The van der Waals surface area contributed by atoms with Gasteiger partial charge in [-0.05, 0) is 30.7 Å². The first-order valence-corrected chi connectivity index (χ1v) is 9.82. The van der Waals surface area contributed by atoms with Crippen molar-refractivity contribution in [3.63, 3.8) is 0 Å². The van der Waals surface area contributed by atoms with Crippen LogP contribution in [0.5, 0.6) is 5.75 Å². The summed E-state index contributed by atoms with van der Waals surface area (Å²) in [4.78, 5) is 17.2. The van der Waals surface area contributed by atoms with Crippen molar-refractivity contribution in [2.75, 3.05) is 11.9 Å². The van der Waals surface area contributed by atoms with E-state index in [-0.39, 0.29) is 17.9 Å². The van der Waals surface area contributed by atoms with Gasteiger partial charge in [-0.25, -0.2) is 9.37 Å². The van der Waals surface area contributed by atoms with E-state index in [1.54, 1.807) is 18.5 Å². The van der Waals surface area contributed by atoms with E-state index >= 15 is 0 Å². The Bertz CT molecular complexity index is 1020. The number of hydrogen-bond donors (Lipinski definition) is 1. The molecule has 7 nitrogen and oxygen atoms in total. The Morgan fingerprint density at radius 1 is 1.30 bits per heavy atom. The van der Waals surface area contributed by atoms with Gasteiger partial charge in [0.1, 0.15) is 36.0 Å². The summed E-state index contributed by atoms with van der Waals surface area (Å²) in [5.41, 5.74) is 0.803. The number of benzene rings is 1. The molecule has 156 valence electrons. The predicted octanol–water partition coefficient (Wildman–Crippen LogP) is 4.49. The number of halogens is 1. The molecule has 3 rings (SSSR count). The molecule has 0 radical (unpaired) electrons. The molecule has 1 N–H and O–H groups in total. The lowest BCUT2D eigenvalue weighted by molar-refractivity contribution is 0.102. The van der Waals surface area contributed by atoms with E-state index < -0.39 is 11.7 Å². The summed E-state index contributed by atoms with van der Waals surface area (Å²) in [6.07, 6.45) is 6.47. The van der Waals surface area contributed by atoms with Crippen molar-refractivity contribution in [3.05, 3.63) is 66.8 Å². The number of ether oxygens (including phenoxy) is 1. The van der Waals surface area contributed by atoms with Crippen molar-refractivity contribution >= 4 is 11.7 Å². The van der Waals surface area contributed by atoms with Crippen LogP contribution in [0, 0.1) is 5.82 Å². The van der Waals surface area contributed by atoms with Crippen LogP contribution in [-0.4, -0.2) is 32.3 Å². The maximum Gasteiger partial charge on any atom is 0.260 e. The van der Waals surface area contributed by atoms with E-state index in [1.807, 2.05) is 10.6 Å². The standard InChI is InChI=1S/C22H24FN5O2/c1-3-5-6-12-28-15-24-27-21(28)18-8-7-9-20(25-18)26-22(29)17-11-10-16(23)14-19(17)30-13-4-2/h4,7-11,14-15H,2-3,5-6,12-13H2,1H3,(H,25,26,29). The highest BCUT2D eigenvalue weighted by Crippen LogP contribution is 2.22. The Morgan fingerprint density at radius 3 is 2.97 bits per heavy atom. The molecule has 2 heterocycles. The number of pyridine rings is 1. The molecule has 0 aliphatic rings. The third-order valence-corrected chi connectivity index (χ3v) is 4.38. The number of carbonyl (C=O) groups is 1. The van der Waals surface area contributed by atoms with Gasteiger partial charge in [-0.15, -0.1) is 10.2 Å². The number of amides is 1. The summed E-state index contributed by atoms with van der Waals surface area (Å²) < 4.78 is 20.9. The van der Waals surface area contributed by atoms with Crippen molar-refractivity contribution in [2.45, 2.75) is 32.7 Å². The Balaban J connectivity index is 1.79. The van der Waals surface area contributed by atoms with Crippen LogP contribution in [0.25, 0.3) is 11.5 Å². The van der Waals surface area contributed by atoms with Crippen LogP contribution in [0.4, 0.5) is 10.2 Å². The zero-order valence-electron chi connectivity index (χ0n) is 16.8. The molecule has 2 aromatic heterocycles. The molecule has 3 aromatic rings. The van der Waals surface area contributed by atoms with Gasteiger partial charge in [0.2, 0.25) is 0 Å². The molecule has 0 fully saturated rings. The Hall–Kier alpha value is -3.55. The van der Waals surface area contributed by atoms with Crippen molar-refractivity contribution < 1.29 is 13.9 Å². The summed E-state index contributed by atoms with van der Waals surface area (Å²) in [6.45, 7) is 6.67. The fraction of sp³-hybridized carbons (Fsp3) is 0.273. The van der Waals surface area contributed by atoms with E-state index in [1.165, 1.54) is 24.3 Å². The number of anilines is 1. The van der Waals surface area contributed by atoms with E-state index in [4.69, 9.17) is 4.74 Å². The Morgan fingerprint density at radius 2 is 2.17 bits per heavy atom. The van der Waals surface area contributed by atoms with E-state index in [9.17, 15) is 9.18 Å². The van der Waals surface area contributed by atoms with E-state index in [2.05, 4.69) is 34.0 Å². The van der Waals surface area contributed by atoms with Crippen LogP contribution in [-0.2, 0) is 6.54 Å². The summed E-state index contributed by atoms with van der Waals surface area (Å²) in [6, 6.07) is 9.01. The molecule has 30 heavy (non-hydrogen) atoms. The highest BCUT2D eigenvalue weighted by molar-refractivity contribution is 6.05. The number of aryl methyl sites for hydroxylation is 1. The van der Waals surface area contributed by atoms with Gasteiger partial charge in [0.15, 0.2) is 5.82 Å². The van der Waals surface area contributed by atoms with Crippen LogP contribution < -0.4 is 10.1 Å². The maximum atomic E-state index is 13.6. The van der Waals surface area contributed by atoms with Gasteiger partial charge in [-0.3, -0.25) is 4.79 Å². The quantitative estimate of drug-likeness (QED) is 0.394. The summed E-state index contributed by atoms with van der Waals surface area (Å²) in [7, 11) is 0. The molecule has 8 heteroatoms. The third kappa shape index (κ3) is 5.28. The van der Waals surface area contributed by atoms with Crippen molar-refractivity contribution in [1.29, 1.82) is 0 Å². The van der Waals surface area contributed by atoms with Crippen LogP contribution >= 0.6 is 0 Å². The minimum atomic E-state index is -0.492. The molecule has 0 aliphatic heterocycles. The molecule has 0 saturated carbocycles. The minimum Gasteiger partial charge on any atom is -0.489 e. The zero-order chi connectivity index (χ0) is 21.3. The monoisotopic (exact) mass is 409 g/mol. The fourth-order valence-corrected chi connectivity index (χ4v) is 2.91. The first-order chi connectivity index (χ1) is 14.6. The zero-order valence-corrected chi connectivity index (χ0v) is 16.8. The molecule has 0 aliphatic carbocycles. The predicted molar refractivity (Wildman–Crippen MR) is 113 cm³/mol. The number of unbranched alkanes of at least 4 members (excludes halogenated alkanes) is 2. The van der Waals surface area contributed by atoms with Gasteiger partial charge < -0.3 is 14.6 Å². The minimum absolute atomic E-state index is 0.138. The van der Waals surface area contributed by atoms with E-state index in [0.29, 0.717) is 17.3 Å². The lowest BCUT2D eigenvalue weighted by Crippen LogP contribution is -2.15. The smallest absolute Gasteiger partial charge is 0.260 e. The number of nitrogens with one attached hydrogen (secondary N) is 1. The molecule has 0 bridgehead atoms. The summed E-state index contributed by atoms with van der Waals surface area (Å²) >= 11 is 0. The van der Waals surface area contributed by atoms with Gasteiger partial charge in [-0.1, -0.05) is 38.5 Å². The lowest BCUT2D eigenvalue weighted by Gasteiger charge is -2.11. The molecule has 0 spiro atoms. The van der Waals surface area contributed by atoms with Crippen molar-refractivity contribution in [3.8, 4) is 17.3 Å². The van der Waals surface area contributed by atoms with Crippen LogP contribution in [0.3, 0.4) is 0 Å². The van der Waals surface area contributed by atoms with Gasteiger partial charge >= 0.3 is 0 Å². The average molecular weight is 409 g/mol. The van der Waals surface area contributed by atoms with Crippen LogP contribution in [0.15, 0.2) is 55.4 Å². The van der Waals surface area contributed by atoms with Gasteiger partial charge in [0, 0.05) is 12.6 Å². The number of aromatic nitrogens is 4. The largest absolute Gasteiger partial charge is 0.489 e. The normalized spacial score (nSPS) is 10.6. The lowest BCUT2D eigenvalue weighted by atomic mass is 10.2. The van der Waals surface area contributed by atoms with Crippen LogP contribution in [0.1, 0.15) is 36.5 Å². The molecular weight excluding hydrogens is 385 g/mol. The first kappa shape index (κ1) is 21.2. The molecular formula is C22H24FN5O2. The molecule has 1 aromatic carbocycles. The molecule has 0 unspecified atom stereocenters.